The number of carboxylic acids is 1. The number of nitrogens with one attached hydrogen (secondary N) is 1. The van der Waals surface area contributed by atoms with Gasteiger partial charge in [-0.1, -0.05) is 25.1 Å². The van der Waals surface area contributed by atoms with Gasteiger partial charge in [0, 0.05) is 18.2 Å². The lowest BCUT2D eigenvalue weighted by Crippen LogP contribution is -2.54. The second-order valence-corrected chi connectivity index (χ2v) is 5.92. The first-order valence-electron chi connectivity index (χ1n) is 7.24. The van der Waals surface area contributed by atoms with Gasteiger partial charge in [-0.15, -0.1) is 0 Å². The third-order valence-electron chi connectivity index (χ3n) is 3.89. The molecule has 5 heteroatoms. The van der Waals surface area contributed by atoms with Crippen molar-refractivity contribution in [1.29, 1.82) is 0 Å². The SMILES string of the molecule is CCNC(C)(C)C(=O)N1CC(CC(=O)O)c2ccccc21. The molecule has 0 aliphatic carbocycles. The van der Waals surface area contributed by atoms with Crippen LogP contribution in [-0.2, 0) is 9.59 Å². The van der Waals surface area contributed by atoms with E-state index in [1.807, 2.05) is 45.0 Å². The number of nitrogens with zero attached hydrogens (tertiary/aromatic N) is 1. The zero-order valence-corrected chi connectivity index (χ0v) is 12.7. The Bertz CT molecular complexity index is 554. The van der Waals surface area contributed by atoms with E-state index < -0.39 is 11.5 Å². The molecule has 1 aromatic rings. The highest BCUT2D eigenvalue weighted by Gasteiger charge is 2.39. The van der Waals surface area contributed by atoms with Crippen LogP contribution in [0.15, 0.2) is 24.3 Å². The molecule has 1 aliphatic rings. The number of carbonyl (C=O) groups excluding carboxylic acids is 1. The van der Waals surface area contributed by atoms with Gasteiger partial charge in [0.05, 0.1) is 12.0 Å². The molecule has 1 amide bonds. The average Bonchev–Trinajstić information content (AvgIpc) is 2.76. The van der Waals surface area contributed by atoms with E-state index in [-0.39, 0.29) is 18.2 Å². The summed E-state index contributed by atoms with van der Waals surface area (Å²) in [5.41, 5.74) is 1.11. The summed E-state index contributed by atoms with van der Waals surface area (Å²) in [4.78, 5) is 25.5. The Morgan fingerprint density at radius 2 is 2.05 bits per heavy atom. The molecule has 0 radical (unpaired) electrons. The lowest BCUT2D eigenvalue weighted by molar-refractivity contribution is -0.137. The highest BCUT2D eigenvalue weighted by Crippen LogP contribution is 2.38. The zero-order valence-electron chi connectivity index (χ0n) is 12.7. The van der Waals surface area contributed by atoms with Gasteiger partial charge in [-0.3, -0.25) is 9.59 Å². The number of likely N-dealkylation sites (N-methyl/N-ethyl adjacent to an activating group) is 1. The van der Waals surface area contributed by atoms with Crippen molar-refractivity contribution in [2.75, 3.05) is 18.0 Å². The van der Waals surface area contributed by atoms with Crippen molar-refractivity contribution in [3.63, 3.8) is 0 Å². The van der Waals surface area contributed by atoms with Gasteiger partial charge in [0.2, 0.25) is 5.91 Å². The van der Waals surface area contributed by atoms with Crippen LogP contribution in [0.1, 0.15) is 38.7 Å². The Balaban J connectivity index is 2.31. The number of carbonyl (C=O) groups is 2. The maximum atomic E-state index is 12.8. The van der Waals surface area contributed by atoms with Crippen LogP contribution in [0, 0.1) is 0 Å². The zero-order chi connectivity index (χ0) is 15.6. The van der Waals surface area contributed by atoms with Crippen LogP contribution in [0.2, 0.25) is 0 Å². The number of hydrogen-bond acceptors (Lipinski definition) is 3. The molecule has 1 aliphatic heterocycles. The minimum atomic E-state index is -0.838. The molecule has 0 saturated heterocycles. The molecule has 1 unspecified atom stereocenters. The van der Waals surface area contributed by atoms with Crippen LogP contribution in [0.3, 0.4) is 0 Å². The fourth-order valence-electron chi connectivity index (χ4n) is 2.93. The maximum absolute atomic E-state index is 12.8. The van der Waals surface area contributed by atoms with Gasteiger partial charge in [0.1, 0.15) is 0 Å². The molecule has 0 bridgehead atoms. The van der Waals surface area contributed by atoms with Crippen LogP contribution in [0.25, 0.3) is 0 Å². The number of amides is 1. The van der Waals surface area contributed by atoms with Crippen molar-refractivity contribution >= 4 is 17.6 Å². The Morgan fingerprint density at radius 1 is 1.38 bits per heavy atom. The van der Waals surface area contributed by atoms with Crippen molar-refractivity contribution in [1.82, 2.24) is 5.32 Å². The summed E-state index contributed by atoms with van der Waals surface area (Å²) in [6.07, 6.45) is 0.0441. The Morgan fingerprint density at radius 3 is 2.67 bits per heavy atom. The molecule has 2 rings (SSSR count). The van der Waals surface area contributed by atoms with Crippen molar-refractivity contribution in [2.45, 2.75) is 38.6 Å². The van der Waals surface area contributed by atoms with E-state index in [4.69, 9.17) is 5.11 Å². The van der Waals surface area contributed by atoms with E-state index >= 15 is 0 Å². The summed E-state index contributed by atoms with van der Waals surface area (Å²) in [6.45, 7) is 6.80. The molecule has 114 valence electrons. The molecule has 2 N–H and O–H groups in total. The molecule has 0 aromatic heterocycles. The minimum absolute atomic E-state index is 0.0234. The first kappa shape index (κ1) is 15.5. The van der Waals surface area contributed by atoms with Gasteiger partial charge in [0.25, 0.3) is 0 Å². The topological polar surface area (TPSA) is 69.6 Å². The molecule has 5 nitrogen and oxygen atoms in total. The van der Waals surface area contributed by atoms with E-state index in [9.17, 15) is 9.59 Å². The largest absolute Gasteiger partial charge is 0.481 e. The van der Waals surface area contributed by atoms with Gasteiger partial charge < -0.3 is 15.3 Å². The monoisotopic (exact) mass is 290 g/mol. The highest BCUT2D eigenvalue weighted by atomic mass is 16.4. The van der Waals surface area contributed by atoms with Crippen LogP contribution in [0.4, 0.5) is 5.69 Å². The standard InChI is InChI=1S/C16H22N2O3/c1-4-17-16(2,3)15(21)18-10-11(9-14(19)20)12-7-5-6-8-13(12)18/h5-8,11,17H,4,9-10H2,1-3H3,(H,19,20). The maximum Gasteiger partial charge on any atom is 0.304 e. The van der Waals surface area contributed by atoms with Crippen molar-refractivity contribution in [3.8, 4) is 0 Å². The average molecular weight is 290 g/mol. The number of benzene rings is 1. The molecule has 1 heterocycles. The fraction of sp³-hybridized carbons (Fsp3) is 0.500. The fourth-order valence-corrected chi connectivity index (χ4v) is 2.93. The lowest BCUT2D eigenvalue weighted by atomic mass is 9.98. The summed E-state index contributed by atoms with van der Waals surface area (Å²) in [7, 11) is 0. The van der Waals surface area contributed by atoms with E-state index in [1.54, 1.807) is 4.90 Å². The molecule has 1 aromatic carbocycles. The van der Waals surface area contributed by atoms with Gasteiger partial charge >= 0.3 is 5.97 Å². The number of carboxylic acid groups (broad SMARTS) is 1. The summed E-state index contributed by atoms with van der Waals surface area (Å²) < 4.78 is 0. The van der Waals surface area contributed by atoms with Crippen molar-refractivity contribution < 1.29 is 14.7 Å². The third-order valence-corrected chi connectivity index (χ3v) is 3.89. The van der Waals surface area contributed by atoms with E-state index in [0.29, 0.717) is 13.1 Å². The molecule has 0 spiro atoms. The molecular formula is C16H22N2O3. The summed E-state index contributed by atoms with van der Waals surface area (Å²) in [5, 5.41) is 12.2. The Labute approximate surface area is 125 Å². The van der Waals surface area contributed by atoms with Crippen molar-refractivity contribution in [3.05, 3.63) is 29.8 Å². The van der Waals surface area contributed by atoms with Gasteiger partial charge in [-0.05, 0) is 32.0 Å². The van der Waals surface area contributed by atoms with Gasteiger partial charge in [-0.25, -0.2) is 0 Å². The molecular weight excluding hydrogens is 268 g/mol. The first-order chi connectivity index (χ1) is 9.86. The number of aliphatic carboxylic acids is 1. The molecule has 1 atom stereocenters. The van der Waals surface area contributed by atoms with E-state index in [1.165, 1.54) is 0 Å². The third kappa shape index (κ3) is 3.08. The van der Waals surface area contributed by atoms with E-state index in [0.717, 1.165) is 11.3 Å². The van der Waals surface area contributed by atoms with Gasteiger partial charge in [-0.2, -0.15) is 0 Å². The summed E-state index contributed by atoms with van der Waals surface area (Å²) >= 11 is 0. The quantitative estimate of drug-likeness (QED) is 0.870. The second kappa shape index (κ2) is 5.85. The number of anilines is 1. The van der Waals surface area contributed by atoms with Crippen LogP contribution >= 0.6 is 0 Å². The Kier molecular flexibility index (Phi) is 4.32. The Hall–Kier alpha value is -1.88. The number of fused-ring (bicyclic) bond motifs is 1. The van der Waals surface area contributed by atoms with Gasteiger partial charge in [0.15, 0.2) is 0 Å². The highest BCUT2D eigenvalue weighted by molar-refractivity contribution is 6.01. The number of hydrogen-bond donors (Lipinski definition) is 2. The number of rotatable bonds is 5. The summed E-state index contributed by atoms with van der Waals surface area (Å²) in [6, 6.07) is 7.56. The normalized spacial score (nSPS) is 17.7. The molecule has 0 fully saturated rings. The van der Waals surface area contributed by atoms with Crippen molar-refractivity contribution in [2.24, 2.45) is 0 Å². The second-order valence-electron chi connectivity index (χ2n) is 5.92. The summed E-state index contributed by atoms with van der Waals surface area (Å²) in [5.74, 6) is -1.00. The van der Waals surface area contributed by atoms with Crippen LogP contribution in [0.5, 0.6) is 0 Å². The molecule has 0 saturated carbocycles. The van der Waals surface area contributed by atoms with Crippen LogP contribution in [-0.4, -0.2) is 35.6 Å². The van der Waals surface area contributed by atoms with Crippen LogP contribution < -0.4 is 10.2 Å². The lowest BCUT2D eigenvalue weighted by Gasteiger charge is -2.30. The smallest absolute Gasteiger partial charge is 0.304 e. The van der Waals surface area contributed by atoms with E-state index in [2.05, 4.69) is 5.32 Å². The predicted octanol–water partition coefficient (Wildman–Crippen LogP) is 1.98. The molecule has 21 heavy (non-hydrogen) atoms. The first-order valence-corrected chi connectivity index (χ1v) is 7.24. The number of para-hydroxylation sites is 1. The minimum Gasteiger partial charge on any atom is -0.481 e. The predicted molar refractivity (Wildman–Crippen MR) is 81.5 cm³/mol.